The van der Waals surface area contributed by atoms with E-state index in [1.165, 1.54) is 11.0 Å². The summed E-state index contributed by atoms with van der Waals surface area (Å²) in [6.45, 7) is 4.50. The predicted octanol–water partition coefficient (Wildman–Crippen LogP) is 3.61. The van der Waals surface area contributed by atoms with Crippen molar-refractivity contribution in [1.29, 1.82) is 0 Å². The monoisotopic (exact) mass is 485 g/mol. The number of amides is 2. The molecule has 0 saturated carbocycles. The first kappa shape index (κ1) is 24.1. The Hall–Kier alpha value is -3.04. The number of anilines is 2. The summed E-state index contributed by atoms with van der Waals surface area (Å²) in [5.74, 6) is -0.558. The molecule has 180 valence electrons. The van der Waals surface area contributed by atoms with Crippen LogP contribution < -0.4 is 15.1 Å². The first-order chi connectivity index (χ1) is 16.4. The van der Waals surface area contributed by atoms with Crippen LogP contribution in [-0.2, 0) is 14.3 Å². The van der Waals surface area contributed by atoms with Crippen molar-refractivity contribution in [2.75, 3.05) is 49.2 Å². The van der Waals surface area contributed by atoms with Crippen LogP contribution in [0.1, 0.15) is 24.0 Å². The number of morpholine rings is 1. The third kappa shape index (κ3) is 5.71. The van der Waals surface area contributed by atoms with E-state index in [0.717, 1.165) is 16.0 Å². The number of nitrogens with one attached hydrogen (secondary N) is 1. The molecule has 2 heterocycles. The van der Waals surface area contributed by atoms with Crippen molar-refractivity contribution in [3.05, 3.63) is 59.4 Å². The van der Waals surface area contributed by atoms with E-state index in [2.05, 4.69) is 5.32 Å². The number of rotatable bonds is 8. The van der Waals surface area contributed by atoms with Gasteiger partial charge in [-0.05, 0) is 31.0 Å². The van der Waals surface area contributed by atoms with E-state index in [0.29, 0.717) is 44.1 Å². The number of aryl methyl sites for hydroxylation is 1. The lowest BCUT2D eigenvalue weighted by atomic mass is 10.1. The number of hydrogen-bond acceptors (Lipinski definition) is 6. The zero-order valence-corrected chi connectivity index (χ0v) is 19.9. The highest BCUT2D eigenvalue weighted by atomic mass is 32.1. The van der Waals surface area contributed by atoms with E-state index in [-0.39, 0.29) is 25.4 Å². The molecular formula is C25H28FN3O4S. The number of halogens is 1. The molecule has 2 fully saturated rings. The van der Waals surface area contributed by atoms with Gasteiger partial charge in [0.1, 0.15) is 11.9 Å². The number of hydrogen-bond donors (Lipinski definition) is 1. The number of benzene rings is 2. The van der Waals surface area contributed by atoms with Crippen LogP contribution in [0.15, 0.2) is 42.5 Å². The molecule has 0 aromatic heterocycles. The zero-order valence-electron chi connectivity index (χ0n) is 19.1. The SMILES string of the molecule is Cc1ccc(C(=S)CCC(=O)NCC2CN(c3cccc(F)c3N3CCOCC3)C(=O)O2)cc1. The lowest BCUT2D eigenvalue weighted by Crippen LogP contribution is -2.39. The summed E-state index contributed by atoms with van der Waals surface area (Å²) >= 11 is 5.44. The third-order valence-corrected chi connectivity index (χ3v) is 6.38. The fourth-order valence-corrected chi connectivity index (χ4v) is 4.31. The predicted molar refractivity (Wildman–Crippen MR) is 132 cm³/mol. The minimum Gasteiger partial charge on any atom is -0.442 e. The quantitative estimate of drug-likeness (QED) is 0.455. The van der Waals surface area contributed by atoms with Gasteiger partial charge in [0.2, 0.25) is 5.91 Å². The maximum absolute atomic E-state index is 14.7. The Labute approximate surface area is 203 Å². The Bertz CT molecular complexity index is 1060. The van der Waals surface area contributed by atoms with Crippen molar-refractivity contribution in [3.8, 4) is 0 Å². The van der Waals surface area contributed by atoms with Gasteiger partial charge >= 0.3 is 6.09 Å². The normalized spacial score (nSPS) is 18.1. The minimum atomic E-state index is -0.556. The standard InChI is InChI=1S/C25H28FN3O4S/c1-17-5-7-18(8-6-17)22(34)9-10-23(30)27-15-19-16-29(25(31)33-19)21-4-2-3-20(26)24(21)28-11-13-32-14-12-28/h2-8,19H,9-16H2,1H3,(H,27,30). The van der Waals surface area contributed by atoms with Crippen LogP contribution in [0.2, 0.25) is 0 Å². The maximum atomic E-state index is 14.7. The van der Waals surface area contributed by atoms with E-state index < -0.39 is 18.0 Å². The number of para-hydroxylation sites is 1. The second-order valence-electron chi connectivity index (χ2n) is 8.42. The molecule has 9 heteroatoms. The van der Waals surface area contributed by atoms with Gasteiger partial charge in [-0.3, -0.25) is 9.69 Å². The van der Waals surface area contributed by atoms with Gasteiger partial charge in [-0.15, -0.1) is 0 Å². The molecule has 2 aromatic rings. The second kappa shape index (κ2) is 10.9. The molecule has 7 nitrogen and oxygen atoms in total. The van der Waals surface area contributed by atoms with Crippen LogP contribution in [-0.4, -0.2) is 62.4 Å². The summed E-state index contributed by atoms with van der Waals surface area (Å²) in [6.07, 6.45) is -0.365. The smallest absolute Gasteiger partial charge is 0.414 e. The molecule has 4 rings (SSSR count). The van der Waals surface area contributed by atoms with Crippen molar-refractivity contribution < 1.29 is 23.5 Å². The molecule has 1 N–H and O–H groups in total. The minimum absolute atomic E-state index is 0.163. The van der Waals surface area contributed by atoms with Crippen molar-refractivity contribution in [2.24, 2.45) is 0 Å². The Morgan fingerprint density at radius 2 is 1.88 bits per heavy atom. The number of thiocarbonyl (C=S) groups is 1. The van der Waals surface area contributed by atoms with Crippen LogP contribution >= 0.6 is 12.2 Å². The van der Waals surface area contributed by atoms with Gasteiger partial charge in [0.05, 0.1) is 37.7 Å². The largest absolute Gasteiger partial charge is 0.442 e. The van der Waals surface area contributed by atoms with E-state index in [1.54, 1.807) is 12.1 Å². The average molecular weight is 486 g/mol. The lowest BCUT2D eigenvalue weighted by Gasteiger charge is -2.32. The van der Waals surface area contributed by atoms with Crippen LogP contribution in [0.4, 0.5) is 20.6 Å². The summed E-state index contributed by atoms with van der Waals surface area (Å²) in [7, 11) is 0. The molecule has 0 aliphatic carbocycles. The van der Waals surface area contributed by atoms with E-state index in [1.807, 2.05) is 36.1 Å². The number of carbonyl (C=O) groups excluding carboxylic acids is 2. The number of carbonyl (C=O) groups is 2. The highest BCUT2D eigenvalue weighted by Gasteiger charge is 2.35. The number of nitrogens with zero attached hydrogens (tertiary/aromatic N) is 2. The first-order valence-corrected chi connectivity index (χ1v) is 11.8. The van der Waals surface area contributed by atoms with Crippen LogP contribution in [0.3, 0.4) is 0 Å². The Balaban J connectivity index is 1.31. The molecule has 0 bridgehead atoms. The lowest BCUT2D eigenvalue weighted by molar-refractivity contribution is -0.121. The molecule has 2 aromatic carbocycles. The van der Waals surface area contributed by atoms with Crippen LogP contribution in [0.5, 0.6) is 0 Å². The van der Waals surface area contributed by atoms with Gasteiger partial charge in [-0.2, -0.15) is 0 Å². The van der Waals surface area contributed by atoms with Gasteiger partial charge in [0.25, 0.3) is 0 Å². The molecule has 2 aliphatic heterocycles. The molecular weight excluding hydrogens is 457 g/mol. The molecule has 2 amide bonds. The molecule has 34 heavy (non-hydrogen) atoms. The van der Waals surface area contributed by atoms with Gasteiger partial charge in [-0.1, -0.05) is 48.1 Å². The Kier molecular flexibility index (Phi) is 7.74. The summed E-state index contributed by atoms with van der Waals surface area (Å²) < 4.78 is 25.5. The summed E-state index contributed by atoms with van der Waals surface area (Å²) in [5, 5.41) is 2.82. The summed E-state index contributed by atoms with van der Waals surface area (Å²) in [6, 6.07) is 12.6. The zero-order chi connectivity index (χ0) is 24.1. The maximum Gasteiger partial charge on any atom is 0.414 e. The molecule has 2 saturated heterocycles. The Morgan fingerprint density at radius 1 is 1.15 bits per heavy atom. The average Bonchev–Trinajstić information content (AvgIpc) is 3.22. The van der Waals surface area contributed by atoms with Crippen molar-refractivity contribution in [1.82, 2.24) is 5.32 Å². The summed E-state index contributed by atoms with van der Waals surface area (Å²) in [4.78, 5) is 29.0. The molecule has 2 aliphatic rings. The third-order valence-electron chi connectivity index (χ3n) is 5.94. The van der Waals surface area contributed by atoms with E-state index >= 15 is 0 Å². The van der Waals surface area contributed by atoms with Crippen molar-refractivity contribution >= 4 is 40.5 Å². The molecule has 0 radical (unpaired) electrons. The van der Waals surface area contributed by atoms with E-state index in [4.69, 9.17) is 21.7 Å². The van der Waals surface area contributed by atoms with Gasteiger partial charge in [0, 0.05) is 24.4 Å². The van der Waals surface area contributed by atoms with Crippen LogP contribution in [0, 0.1) is 12.7 Å². The second-order valence-corrected chi connectivity index (χ2v) is 8.91. The highest BCUT2D eigenvalue weighted by Crippen LogP contribution is 2.35. The van der Waals surface area contributed by atoms with Gasteiger partial charge in [0.15, 0.2) is 0 Å². The topological polar surface area (TPSA) is 71.1 Å². The number of ether oxygens (including phenoxy) is 2. The molecule has 1 atom stereocenters. The summed E-state index contributed by atoms with van der Waals surface area (Å²) in [5.41, 5.74) is 2.93. The van der Waals surface area contributed by atoms with E-state index in [9.17, 15) is 14.0 Å². The first-order valence-electron chi connectivity index (χ1n) is 11.4. The van der Waals surface area contributed by atoms with Crippen LogP contribution in [0.25, 0.3) is 0 Å². The highest BCUT2D eigenvalue weighted by molar-refractivity contribution is 7.80. The number of cyclic esters (lactones) is 1. The van der Waals surface area contributed by atoms with Crippen molar-refractivity contribution in [3.63, 3.8) is 0 Å². The molecule has 0 spiro atoms. The van der Waals surface area contributed by atoms with Crippen molar-refractivity contribution in [2.45, 2.75) is 25.9 Å². The Morgan fingerprint density at radius 3 is 2.62 bits per heavy atom. The van der Waals surface area contributed by atoms with Gasteiger partial charge < -0.3 is 19.7 Å². The fraction of sp³-hybridized carbons (Fsp3) is 0.400. The van der Waals surface area contributed by atoms with Gasteiger partial charge in [-0.25, -0.2) is 9.18 Å². The molecule has 1 unspecified atom stereocenters. The fourth-order valence-electron chi connectivity index (χ4n) is 4.07.